The highest BCUT2D eigenvalue weighted by atomic mass is 16.3. The number of carbonyl (C=O) groups excluding carboxylic acids is 3. The molecule has 0 aromatic heterocycles. The predicted molar refractivity (Wildman–Crippen MR) is 85.9 cm³/mol. The number of benzene rings is 1. The molecule has 0 heterocycles. The standard InChI is InChI=1S/C15H22N4O5/c16-8-14(23)19-10(2-4-13(17)22)15(24)18-6-5-9-1-3-11(20)12(21)7-9/h1,3,7,10,20-21H,2,4-6,8,16H2,(H2,17,22)(H,18,24)(H,19,23)/t10-/m0/s1. The molecule has 8 N–H and O–H groups in total. The SMILES string of the molecule is NCC(=O)N[C@@H](CCC(N)=O)C(=O)NCCc1ccc(O)c(O)c1. The number of phenols is 2. The molecular weight excluding hydrogens is 316 g/mol. The molecule has 0 unspecified atom stereocenters. The van der Waals surface area contributed by atoms with E-state index in [0.717, 1.165) is 0 Å². The van der Waals surface area contributed by atoms with Crippen molar-refractivity contribution in [3.05, 3.63) is 23.8 Å². The maximum atomic E-state index is 12.1. The summed E-state index contributed by atoms with van der Waals surface area (Å²) in [6, 6.07) is 3.45. The molecule has 1 atom stereocenters. The van der Waals surface area contributed by atoms with Crippen LogP contribution in [0.1, 0.15) is 18.4 Å². The van der Waals surface area contributed by atoms with E-state index in [0.29, 0.717) is 12.0 Å². The molecule has 1 aromatic carbocycles. The molecule has 1 rings (SSSR count). The Morgan fingerprint density at radius 2 is 1.88 bits per heavy atom. The summed E-state index contributed by atoms with van der Waals surface area (Å²) in [6.07, 6.45) is 0.439. The summed E-state index contributed by atoms with van der Waals surface area (Å²) in [4.78, 5) is 34.3. The number of rotatable bonds is 9. The highest BCUT2D eigenvalue weighted by Crippen LogP contribution is 2.24. The largest absolute Gasteiger partial charge is 0.504 e. The lowest BCUT2D eigenvalue weighted by Gasteiger charge is -2.17. The number of aromatic hydroxyl groups is 2. The van der Waals surface area contributed by atoms with Gasteiger partial charge in [0.1, 0.15) is 6.04 Å². The quantitative estimate of drug-likeness (QED) is 0.298. The van der Waals surface area contributed by atoms with E-state index in [-0.39, 0.29) is 37.4 Å². The number of amides is 3. The normalized spacial score (nSPS) is 11.5. The first-order valence-corrected chi connectivity index (χ1v) is 7.39. The first kappa shape index (κ1) is 19.2. The third kappa shape index (κ3) is 6.53. The van der Waals surface area contributed by atoms with Crippen LogP contribution in [0.2, 0.25) is 0 Å². The van der Waals surface area contributed by atoms with Crippen LogP contribution in [0.25, 0.3) is 0 Å². The summed E-state index contributed by atoms with van der Waals surface area (Å²) in [6.45, 7) is -0.0260. The van der Waals surface area contributed by atoms with E-state index in [1.54, 1.807) is 6.07 Å². The molecule has 0 fully saturated rings. The lowest BCUT2D eigenvalue weighted by Crippen LogP contribution is -2.49. The smallest absolute Gasteiger partial charge is 0.242 e. The minimum absolute atomic E-state index is 0.0469. The molecule has 0 aliphatic carbocycles. The monoisotopic (exact) mass is 338 g/mol. The minimum Gasteiger partial charge on any atom is -0.504 e. The van der Waals surface area contributed by atoms with Gasteiger partial charge in [-0.2, -0.15) is 0 Å². The maximum absolute atomic E-state index is 12.1. The highest BCUT2D eigenvalue weighted by molar-refractivity contribution is 5.88. The predicted octanol–water partition coefficient (Wildman–Crippen LogP) is -1.53. The average molecular weight is 338 g/mol. The molecule has 24 heavy (non-hydrogen) atoms. The van der Waals surface area contributed by atoms with Crippen molar-refractivity contribution in [3.63, 3.8) is 0 Å². The Balaban J connectivity index is 2.54. The van der Waals surface area contributed by atoms with Gasteiger partial charge in [-0.1, -0.05) is 6.07 Å². The lowest BCUT2D eigenvalue weighted by atomic mass is 10.1. The van der Waals surface area contributed by atoms with Crippen LogP contribution in [0.4, 0.5) is 0 Å². The molecule has 0 spiro atoms. The molecule has 9 nitrogen and oxygen atoms in total. The van der Waals surface area contributed by atoms with Crippen molar-refractivity contribution < 1.29 is 24.6 Å². The Bertz CT molecular complexity index is 606. The van der Waals surface area contributed by atoms with Crippen LogP contribution in [0.15, 0.2) is 18.2 Å². The Kier molecular flexibility index (Phi) is 7.50. The van der Waals surface area contributed by atoms with Gasteiger partial charge in [-0.15, -0.1) is 0 Å². The van der Waals surface area contributed by atoms with E-state index >= 15 is 0 Å². The molecule has 9 heteroatoms. The molecule has 0 saturated carbocycles. The Morgan fingerprint density at radius 3 is 2.46 bits per heavy atom. The molecule has 0 bridgehead atoms. The van der Waals surface area contributed by atoms with Crippen LogP contribution < -0.4 is 22.1 Å². The average Bonchev–Trinajstić information content (AvgIpc) is 2.54. The second kappa shape index (κ2) is 9.36. The van der Waals surface area contributed by atoms with Gasteiger partial charge in [-0.25, -0.2) is 0 Å². The van der Waals surface area contributed by atoms with Gasteiger partial charge in [0.2, 0.25) is 17.7 Å². The fourth-order valence-corrected chi connectivity index (χ4v) is 1.99. The van der Waals surface area contributed by atoms with E-state index in [1.165, 1.54) is 12.1 Å². The van der Waals surface area contributed by atoms with Crippen molar-refractivity contribution in [2.45, 2.75) is 25.3 Å². The molecular formula is C15H22N4O5. The summed E-state index contributed by atoms with van der Waals surface area (Å²) in [5.74, 6) is -2.01. The fourth-order valence-electron chi connectivity index (χ4n) is 1.99. The summed E-state index contributed by atoms with van der Waals surface area (Å²) in [7, 11) is 0. The number of hydrogen-bond acceptors (Lipinski definition) is 6. The van der Waals surface area contributed by atoms with Gasteiger partial charge in [0.15, 0.2) is 11.5 Å². The molecule has 132 valence electrons. The Labute approximate surface area is 139 Å². The highest BCUT2D eigenvalue weighted by Gasteiger charge is 2.20. The van der Waals surface area contributed by atoms with Gasteiger partial charge < -0.3 is 32.3 Å². The third-order valence-electron chi connectivity index (χ3n) is 3.27. The fraction of sp³-hybridized carbons (Fsp3) is 0.400. The van der Waals surface area contributed by atoms with E-state index in [1.807, 2.05) is 0 Å². The lowest BCUT2D eigenvalue weighted by molar-refractivity contribution is -0.129. The van der Waals surface area contributed by atoms with Gasteiger partial charge in [0.25, 0.3) is 0 Å². The van der Waals surface area contributed by atoms with Gasteiger partial charge in [-0.05, 0) is 30.5 Å². The van der Waals surface area contributed by atoms with E-state index in [4.69, 9.17) is 11.5 Å². The zero-order valence-corrected chi connectivity index (χ0v) is 13.1. The number of nitrogens with one attached hydrogen (secondary N) is 2. The summed E-state index contributed by atoms with van der Waals surface area (Å²) in [5.41, 5.74) is 11.0. The molecule has 1 aromatic rings. The molecule has 0 aliphatic heterocycles. The van der Waals surface area contributed by atoms with Crippen LogP contribution in [0.5, 0.6) is 11.5 Å². The van der Waals surface area contributed by atoms with Crippen LogP contribution >= 0.6 is 0 Å². The molecule has 0 radical (unpaired) electrons. The van der Waals surface area contributed by atoms with Crippen molar-refractivity contribution in [2.75, 3.05) is 13.1 Å². The second-order valence-corrected chi connectivity index (χ2v) is 5.19. The number of carbonyl (C=O) groups is 3. The minimum atomic E-state index is -0.901. The molecule has 0 saturated heterocycles. The van der Waals surface area contributed by atoms with Crippen LogP contribution in [0.3, 0.4) is 0 Å². The number of phenolic OH excluding ortho intramolecular Hbond substituents is 2. The van der Waals surface area contributed by atoms with Gasteiger partial charge >= 0.3 is 0 Å². The zero-order valence-electron chi connectivity index (χ0n) is 13.1. The topological polar surface area (TPSA) is 168 Å². The first-order chi connectivity index (χ1) is 11.3. The Hall–Kier alpha value is -2.81. The van der Waals surface area contributed by atoms with Crippen molar-refractivity contribution >= 4 is 17.7 Å². The second-order valence-electron chi connectivity index (χ2n) is 5.19. The zero-order chi connectivity index (χ0) is 18.1. The van der Waals surface area contributed by atoms with E-state index in [2.05, 4.69) is 10.6 Å². The van der Waals surface area contributed by atoms with Crippen LogP contribution in [-0.2, 0) is 20.8 Å². The molecule has 3 amide bonds. The van der Waals surface area contributed by atoms with Crippen molar-refractivity contribution in [1.29, 1.82) is 0 Å². The maximum Gasteiger partial charge on any atom is 0.242 e. The summed E-state index contributed by atoms with van der Waals surface area (Å²) >= 11 is 0. The van der Waals surface area contributed by atoms with Crippen molar-refractivity contribution in [2.24, 2.45) is 11.5 Å². The molecule has 0 aliphatic rings. The van der Waals surface area contributed by atoms with Gasteiger partial charge in [0.05, 0.1) is 6.54 Å². The van der Waals surface area contributed by atoms with Crippen LogP contribution in [0, 0.1) is 0 Å². The first-order valence-electron chi connectivity index (χ1n) is 7.39. The van der Waals surface area contributed by atoms with Gasteiger partial charge in [-0.3, -0.25) is 14.4 Å². The van der Waals surface area contributed by atoms with E-state index in [9.17, 15) is 24.6 Å². The van der Waals surface area contributed by atoms with Crippen molar-refractivity contribution in [1.82, 2.24) is 10.6 Å². The third-order valence-corrected chi connectivity index (χ3v) is 3.27. The summed E-state index contributed by atoms with van der Waals surface area (Å²) in [5, 5.41) is 23.7. The number of primary amides is 1. The van der Waals surface area contributed by atoms with Crippen molar-refractivity contribution in [3.8, 4) is 11.5 Å². The van der Waals surface area contributed by atoms with E-state index < -0.39 is 23.8 Å². The Morgan fingerprint density at radius 1 is 1.17 bits per heavy atom. The summed E-state index contributed by atoms with van der Waals surface area (Å²) < 4.78 is 0. The number of hydrogen-bond donors (Lipinski definition) is 6. The van der Waals surface area contributed by atoms with Crippen LogP contribution in [-0.4, -0.2) is 47.1 Å². The number of nitrogens with two attached hydrogens (primary N) is 2. The van der Waals surface area contributed by atoms with Gasteiger partial charge in [0, 0.05) is 13.0 Å².